The second-order valence-electron chi connectivity index (χ2n) is 9.57. The lowest BCUT2D eigenvalue weighted by atomic mass is 10.0. The summed E-state index contributed by atoms with van der Waals surface area (Å²) in [5.41, 5.74) is 8.57. The number of benzene rings is 2. The van der Waals surface area contributed by atoms with Crippen LogP contribution in [0.25, 0.3) is 21.8 Å². The Morgan fingerprint density at radius 3 is 1.83 bits per heavy atom. The lowest BCUT2D eigenvalue weighted by Gasteiger charge is -2.22. The molecule has 9 N–H and O–H groups in total. The molecule has 4 aromatic rings. The topological polar surface area (TPSA) is 219 Å². The number of carboxylic acid groups (broad SMARTS) is 2. The van der Waals surface area contributed by atoms with E-state index in [0.29, 0.717) is 11.1 Å². The summed E-state index contributed by atoms with van der Waals surface area (Å²) < 4.78 is 0. The summed E-state index contributed by atoms with van der Waals surface area (Å²) >= 11 is 0. The van der Waals surface area contributed by atoms with Crippen LogP contribution in [0.15, 0.2) is 60.9 Å². The van der Waals surface area contributed by atoms with Gasteiger partial charge in [-0.25, -0.2) is 4.79 Å². The van der Waals surface area contributed by atoms with Gasteiger partial charge >= 0.3 is 11.9 Å². The molecule has 0 aliphatic heterocycles. The van der Waals surface area contributed by atoms with E-state index in [1.54, 1.807) is 12.4 Å². The number of fused-ring (bicyclic) bond motifs is 2. The van der Waals surface area contributed by atoms with Gasteiger partial charge in [0, 0.05) is 47.0 Å². The van der Waals surface area contributed by atoms with Crippen LogP contribution in [0, 0.1) is 0 Å². The zero-order valence-corrected chi connectivity index (χ0v) is 21.8. The maximum atomic E-state index is 13.4. The molecule has 2 aromatic heterocycles. The fourth-order valence-corrected chi connectivity index (χ4v) is 4.55. The Hall–Kier alpha value is -5.17. The molecular weight excluding hydrogens is 532 g/mol. The Balaban J connectivity index is 1.50. The molecule has 41 heavy (non-hydrogen) atoms. The van der Waals surface area contributed by atoms with Gasteiger partial charge in [0.1, 0.15) is 12.1 Å². The number of hydrogen-bond donors (Lipinski definition) is 8. The number of H-pyrrole nitrogens is 2. The number of nitrogens with one attached hydrogen (secondary N) is 5. The van der Waals surface area contributed by atoms with Gasteiger partial charge in [-0.3, -0.25) is 19.2 Å². The Morgan fingerprint density at radius 2 is 1.29 bits per heavy atom. The third-order valence-electron chi connectivity index (χ3n) is 6.62. The van der Waals surface area contributed by atoms with Gasteiger partial charge < -0.3 is 41.9 Å². The highest BCUT2D eigenvalue weighted by atomic mass is 16.4. The average molecular weight is 563 g/mol. The molecule has 13 nitrogen and oxygen atoms in total. The molecular formula is C28H30N6O7. The molecule has 0 fully saturated rings. The van der Waals surface area contributed by atoms with E-state index in [4.69, 9.17) is 10.8 Å². The Bertz CT molecular complexity index is 1590. The minimum atomic E-state index is -1.36. The van der Waals surface area contributed by atoms with Crippen molar-refractivity contribution in [2.45, 2.75) is 37.4 Å². The fraction of sp³-hybridized carbons (Fsp3) is 0.250. The van der Waals surface area contributed by atoms with Crippen molar-refractivity contribution in [1.29, 1.82) is 0 Å². The normalized spacial score (nSPS) is 13.3. The zero-order chi connectivity index (χ0) is 29.5. The Kier molecular flexibility index (Phi) is 8.99. The van der Waals surface area contributed by atoms with Gasteiger partial charge in [-0.1, -0.05) is 36.4 Å². The van der Waals surface area contributed by atoms with Crippen LogP contribution in [0.4, 0.5) is 0 Å². The fourth-order valence-electron chi connectivity index (χ4n) is 4.55. The molecule has 3 atom stereocenters. The number of carbonyl (C=O) groups excluding carboxylic acids is 3. The smallest absolute Gasteiger partial charge is 0.326 e. The van der Waals surface area contributed by atoms with Gasteiger partial charge in [-0.05, 0) is 23.3 Å². The summed E-state index contributed by atoms with van der Waals surface area (Å²) in [6, 6.07) is 10.9. The van der Waals surface area contributed by atoms with Crippen LogP contribution in [0.2, 0.25) is 0 Å². The number of rotatable bonds is 13. The zero-order valence-electron chi connectivity index (χ0n) is 21.8. The monoisotopic (exact) mass is 562 g/mol. The van der Waals surface area contributed by atoms with Crippen LogP contribution in [0.5, 0.6) is 0 Å². The van der Waals surface area contributed by atoms with Gasteiger partial charge in [-0.15, -0.1) is 0 Å². The van der Waals surface area contributed by atoms with E-state index in [1.807, 2.05) is 48.5 Å². The number of carboxylic acids is 2. The SMILES string of the molecule is NC(CC(=O)O)C(=O)NCC(=O)NC(Cc1c[nH]c2ccccc12)C(=O)NC(Cc1c[nH]c2ccccc12)C(=O)O. The predicted octanol–water partition coefficient (Wildman–Crippen LogP) is 0.407. The van der Waals surface area contributed by atoms with Gasteiger partial charge in [0.15, 0.2) is 0 Å². The third-order valence-corrected chi connectivity index (χ3v) is 6.62. The first-order valence-electron chi connectivity index (χ1n) is 12.8. The second-order valence-corrected chi connectivity index (χ2v) is 9.57. The lowest BCUT2D eigenvalue weighted by molar-refractivity contribution is -0.142. The molecule has 0 radical (unpaired) electrons. The second kappa shape index (κ2) is 12.8. The van der Waals surface area contributed by atoms with Crippen LogP contribution in [-0.4, -0.2) is 74.5 Å². The van der Waals surface area contributed by atoms with E-state index in [9.17, 15) is 29.1 Å². The predicted molar refractivity (Wildman–Crippen MR) is 149 cm³/mol. The first-order valence-corrected chi connectivity index (χ1v) is 12.8. The van der Waals surface area contributed by atoms with Crippen LogP contribution in [-0.2, 0) is 36.8 Å². The maximum Gasteiger partial charge on any atom is 0.326 e. The average Bonchev–Trinajstić information content (AvgIpc) is 3.54. The summed E-state index contributed by atoms with van der Waals surface area (Å²) in [5.74, 6) is -4.84. The summed E-state index contributed by atoms with van der Waals surface area (Å²) in [6.07, 6.45) is 2.79. The summed E-state index contributed by atoms with van der Waals surface area (Å²) in [5, 5.41) is 27.7. The largest absolute Gasteiger partial charge is 0.481 e. The minimum absolute atomic E-state index is 0.00361. The van der Waals surface area contributed by atoms with Crippen molar-refractivity contribution in [1.82, 2.24) is 25.9 Å². The molecule has 0 saturated carbocycles. The van der Waals surface area contributed by atoms with Crippen molar-refractivity contribution < 1.29 is 34.2 Å². The molecule has 2 aromatic carbocycles. The molecule has 0 aliphatic carbocycles. The van der Waals surface area contributed by atoms with Crippen molar-refractivity contribution in [3.8, 4) is 0 Å². The van der Waals surface area contributed by atoms with Crippen LogP contribution >= 0.6 is 0 Å². The van der Waals surface area contributed by atoms with E-state index in [1.165, 1.54) is 0 Å². The molecule has 3 amide bonds. The summed E-state index contributed by atoms with van der Waals surface area (Å²) in [4.78, 5) is 67.3. The molecule has 0 bridgehead atoms. The van der Waals surface area contributed by atoms with Crippen molar-refractivity contribution in [2.75, 3.05) is 6.54 Å². The van der Waals surface area contributed by atoms with Gasteiger partial charge in [-0.2, -0.15) is 0 Å². The quantitative estimate of drug-likeness (QED) is 0.114. The minimum Gasteiger partial charge on any atom is -0.481 e. The number of nitrogens with two attached hydrogens (primary N) is 1. The highest BCUT2D eigenvalue weighted by Crippen LogP contribution is 2.21. The molecule has 0 saturated heterocycles. The van der Waals surface area contributed by atoms with Crippen LogP contribution in [0.3, 0.4) is 0 Å². The van der Waals surface area contributed by atoms with Crippen molar-refractivity contribution in [2.24, 2.45) is 5.73 Å². The number of aliphatic carboxylic acids is 2. The molecule has 4 rings (SSSR count). The summed E-state index contributed by atoms with van der Waals surface area (Å²) in [6.45, 7) is -0.568. The van der Waals surface area contributed by atoms with E-state index >= 15 is 0 Å². The van der Waals surface area contributed by atoms with E-state index < -0.39 is 60.8 Å². The highest BCUT2D eigenvalue weighted by molar-refractivity contribution is 5.94. The molecule has 0 spiro atoms. The van der Waals surface area contributed by atoms with Crippen LogP contribution < -0.4 is 21.7 Å². The number of aromatic amines is 2. The number of hydrogen-bond acceptors (Lipinski definition) is 6. The first kappa shape index (κ1) is 28.8. The van der Waals surface area contributed by atoms with Crippen molar-refractivity contribution in [3.05, 3.63) is 72.1 Å². The third kappa shape index (κ3) is 7.28. The number of carbonyl (C=O) groups is 5. The Morgan fingerprint density at radius 1 is 0.756 bits per heavy atom. The van der Waals surface area contributed by atoms with Crippen molar-refractivity contribution >= 4 is 51.5 Å². The van der Waals surface area contributed by atoms with E-state index in [2.05, 4.69) is 25.9 Å². The number of para-hydroxylation sites is 2. The number of amides is 3. The number of aromatic nitrogens is 2. The molecule has 2 heterocycles. The lowest BCUT2D eigenvalue weighted by Crippen LogP contribution is -2.55. The van der Waals surface area contributed by atoms with Gasteiger partial charge in [0.05, 0.1) is 19.0 Å². The van der Waals surface area contributed by atoms with Gasteiger partial charge in [0.25, 0.3) is 0 Å². The van der Waals surface area contributed by atoms with Crippen LogP contribution in [0.1, 0.15) is 17.5 Å². The highest BCUT2D eigenvalue weighted by Gasteiger charge is 2.29. The molecule has 214 valence electrons. The Labute approximate surface area is 233 Å². The maximum absolute atomic E-state index is 13.4. The molecule has 13 heteroatoms. The summed E-state index contributed by atoms with van der Waals surface area (Å²) in [7, 11) is 0. The molecule has 0 aliphatic rings. The first-order chi connectivity index (χ1) is 19.6. The van der Waals surface area contributed by atoms with E-state index in [-0.39, 0.29) is 12.8 Å². The van der Waals surface area contributed by atoms with Crippen molar-refractivity contribution in [3.63, 3.8) is 0 Å². The van der Waals surface area contributed by atoms with E-state index in [0.717, 1.165) is 21.8 Å². The van der Waals surface area contributed by atoms with Gasteiger partial charge in [0.2, 0.25) is 17.7 Å². The standard InChI is InChI=1S/C28H30N6O7/c29-19(11-25(36)37)26(38)32-14-24(35)33-22(9-15-12-30-20-7-3-1-5-17(15)20)27(39)34-23(28(40)41)10-16-13-31-21-8-4-2-6-18(16)21/h1-8,12-13,19,22-23,30-31H,9-11,14,29H2,(H,32,38)(H,33,35)(H,34,39)(H,36,37)(H,40,41). The molecule has 3 unspecified atom stereocenters.